The number of carbonyl (C=O) groups excluding carboxylic acids is 1. The first-order valence-corrected chi connectivity index (χ1v) is 14.2. The van der Waals surface area contributed by atoms with E-state index >= 15 is 0 Å². The molecule has 12 heteroatoms. The van der Waals surface area contributed by atoms with Crippen LogP contribution in [0.4, 0.5) is 16.6 Å². The fourth-order valence-electron chi connectivity index (χ4n) is 5.88. The summed E-state index contributed by atoms with van der Waals surface area (Å²) in [5.74, 6) is 1.48. The number of anilines is 2. The van der Waals surface area contributed by atoms with Crippen molar-refractivity contribution in [3.05, 3.63) is 6.33 Å². The molecule has 5 rings (SSSR count). The molecule has 0 spiro atoms. The average Bonchev–Trinajstić information content (AvgIpc) is 3.56. The molecule has 38 heavy (non-hydrogen) atoms. The van der Waals surface area contributed by atoms with Crippen LogP contribution in [-0.4, -0.2) is 68.2 Å². The van der Waals surface area contributed by atoms with Crippen molar-refractivity contribution in [2.75, 3.05) is 30.3 Å². The first-order valence-electron chi connectivity index (χ1n) is 14.2. The number of rotatable bonds is 8. The maximum atomic E-state index is 12.4. The molecule has 0 unspecified atom stereocenters. The lowest BCUT2D eigenvalue weighted by molar-refractivity contribution is 0.183. The molecule has 1 aliphatic heterocycles. The van der Waals surface area contributed by atoms with Gasteiger partial charge < -0.3 is 31.2 Å². The molecular formula is C26H45Cl2N9O. The maximum absolute atomic E-state index is 12.4. The van der Waals surface area contributed by atoms with Crippen LogP contribution in [0.2, 0.25) is 0 Å². The van der Waals surface area contributed by atoms with Gasteiger partial charge in [-0.15, -0.1) is 24.8 Å². The standard InChI is InChI=1S/C26H43N9O.2ClH/c1-2-3-14-28-26(36)34-15-12-20(13-16-34)30-23-22-24(35(17-29-22)21-6-4-5-7-21)33-25(32-23)31-19-10-8-18(27)9-11-19;;/h17-21H,2-16,27H2,1H3,(H,28,36)(H2,30,31,32,33);2*1H/t18-,19-;;. The summed E-state index contributed by atoms with van der Waals surface area (Å²) in [4.78, 5) is 29.0. The number of urea groups is 1. The third kappa shape index (κ3) is 7.33. The quantitative estimate of drug-likeness (QED) is 0.334. The van der Waals surface area contributed by atoms with E-state index < -0.39 is 0 Å². The molecule has 2 aromatic rings. The number of fused-ring (bicyclic) bond motifs is 1. The van der Waals surface area contributed by atoms with E-state index in [4.69, 9.17) is 20.7 Å². The largest absolute Gasteiger partial charge is 0.365 e. The zero-order valence-corrected chi connectivity index (χ0v) is 24.2. The number of hydrogen-bond donors (Lipinski definition) is 4. The molecule has 0 radical (unpaired) electrons. The topological polar surface area (TPSA) is 126 Å². The Morgan fingerprint density at radius 1 is 0.974 bits per heavy atom. The van der Waals surface area contributed by atoms with Crippen molar-refractivity contribution < 1.29 is 4.79 Å². The van der Waals surface area contributed by atoms with Crippen LogP contribution in [-0.2, 0) is 0 Å². The van der Waals surface area contributed by atoms with Crippen molar-refractivity contribution >= 4 is 53.8 Å². The summed E-state index contributed by atoms with van der Waals surface area (Å²) >= 11 is 0. The van der Waals surface area contributed by atoms with Crippen LogP contribution in [0.5, 0.6) is 0 Å². The van der Waals surface area contributed by atoms with Gasteiger partial charge in [0.1, 0.15) is 0 Å². The van der Waals surface area contributed by atoms with Crippen LogP contribution in [0.15, 0.2) is 6.33 Å². The van der Waals surface area contributed by atoms with E-state index in [9.17, 15) is 4.79 Å². The second-order valence-electron chi connectivity index (χ2n) is 10.9. The van der Waals surface area contributed by atoms with Gasteiger partial charge in [-0.05, 0) is 57.8 Å². The summed E-state index contributed by atoms with van der Waals surface area (Å²) < 4.78 is 2.26. The molecule has 2 amide bonds. The van der Waals surface area contributed by atoms with Crippen LogP contribution in [0.1, 0.15) is 90.0 Å². The molecular weight excluding hydrogens is 525 g/mol. The summed E-state index contributed by atoms with van der Waals surface area (Å²) in [5.41, 5.74) is 7.88. The highest BCUT2D eigenvalue weighted by molar-refractivity contribution is 5.86. The molecule has 0 bridgehead atoms. The Bertz CT molecular complexity index is 1010. The minimum absolute atomic E-state index is 0. The maximum Gasteiger partial charge on any atom is 0.317 e. The molecule has 5 N–H and O–H groups in total. The van der Waals surface area contributed by atoms with Gasteiger partial charge in [0.15, 0.2) is 17.0 Å². The number of amides is 2. The predicted octanol–water partition coefficient (Wildman–Crippen LogP) is 4.85. The van der Waals surface area contributed by atoms with Gasteiger partial charge in [-0.1, -0.05) is 26.2 Å². The number of carbonyl (C=O) groups is 1. The number of hydrogen-bond acceptors (Lipinski definition) is 7. The minimum Gasteiger partial charge on any atom is -0.365 e. The summed E-state index contributed by atoms with van der Waals surface area (Å²) in [6.45, 7) is 4.37. The fraction of sp³-hybridized carbons (Fsp3) is 0.769. The van der Waals surface area contributed by atoms with Gasteiger partial charge >= 0.3 is 6.03 Å². The minimum atomic E-state index is 0. The van der Waals surface area contributed by atoms with E-state index in [2.05, 4.69) is 27.4 Å². The Morgan fingerprint density at radius 3 is 2.34 bits per heavy atom. The molecule has 2 aliphatic carbocycles. The molecule has 3 fully saturated rings. The normalized spacial score (nSPS) is 22.5. The molecule has 0 atom stereocenters. The second-order valence-corrected chi connectivity index (χ2v) is 10.9. The van der Waals surface area contributed by atoms with Crippen molar-refractivity contribution in [3.63, 3.8) is 0 Å². The van der Waals surface area contributed by atoms with Gasteiger partial charge in [0.05, 0.1) is 6.33 Å². The lowest BCUT2D eigenvalue weighted by Gasteiger charge is -2.32. The van der Waals surface area contributed by atoms with Gasteiger partial charge in [0.2, 0.25) is 5.95 Å². The number of nitrogens with zero attached hydrogens (tertiary/aromatic N) is 5. The lowest BCUT2D eigenvalue weighted by atomic mass is 9.92. The van der Waals surface area contributed by atoms with Crippen LogP contribution in [0.3, 0.4) is 0 Å². The molecule has 1 saturated heterocycles. The molecule has 3 aliphatic rings. The lowest BCUT2D eigenvalue weighted by Crippen LogP contribution is -2.47. The first-order chi connectivity index (χ1) is 17.6. The fourth-order valence-corrected chi connectivity index (χ4v) is 5.88. The number of nitrogens with one attached hydrogen (secondary N) is 3. The van der Waals surface area contributed by atoms with Gasteiger partial charge in [0, 0.05) is 43.8 Å². The Morgan fingerprint density at radius 2 is 1.66 bits per heavy atom. The predicted molar refractivity (Wildman–Crippen MR) is 158 cm³/mol. The van der Waals surface area contributed by atoms with Crippen molar-refractivity contribution in [3.8, 4) is 0 Å². The Balaban J connectivity index is 0.00000200. The SMILES string of the molecule is CCCCNC(=O)N1CCC(Nc2nc(N[C@H]3CC[C@H](N)CC3)nc3c2ncn3C2CCCC2)CC1.Cl.Cl. The number of piperidine rings is 1. The number of likely N-dealkylation sites (tertiary alicyclic amines) is 1. The highest BCUT2D eigenvalue weighted by Gasteiger charge is 2.27. The third-order valence-electron chi connectivity index (χ3n) is 8.17. The zero-order valence-electron chi connectivity index (χ0n) is 22.5. The van der Waals surface area contributed by atoms with E-state index in [0.29, 0.717) is 24.1 Å². The number of halogens is 2. The third-order valence-corrected chi connectivity index (χ3v) is 8.17. The molecule has 3 heterocycles. The highest BCUT2D eigenvalue weighted by Crippen LogP contribution is 2.33. The summed E-state index contributed by atoms with van der Waals surface area (Å²) in [7, 11) is 0. The first kappa shape index (κ1) is 30.5. The van der Waals surface area contributed by atoms with E-state index in [1.54, 1.807) is 0 Å². The summed E-state index contributed by atoms with van der Waals surface area (Å²) in [5, 5.41) is 10.3. The van der Waals surface area contributed by atoms with Crippen molar-refractivity contribution in [1.82, 2.24) is 29.7 Å². The van der Waals surface area contributed by atoms with E-state index in [1.165, 1.54) is 25.7 Å². The Kier molecular flexibility index (Phi) is 11.5. The summed E-state index contributed by atoms with van der Waals surface area (Å²) in [6.07, 6.45) is 14.9. The van der Waals surface area contributed by atoms with Gasteiger partial charge in [0.25, 0.3) is 0 Å². The summed E-state index contributed by atoms with van der Waals surface area (Å²) in [6, 6.07) is 1.44. The Labute approximate surface area is 238 Å². The van der Waals surface area contributed by atoms with Gasteiger partial charge in [-0.3, -0.25) is 0 Å². The smallest absolute Gasteiger partial charge is 0.317 e. The highest BCUT2D eigenvalue weighted by atomic mass is 35.5. The van der Waals surface area contributed by atoms with E-state index in [0.717, 1.165) is 88.0 Å². The van der Waals surface area contributed by atoms with Crippen LogP contribution >= 0.6 is 24.8 Å². The Hall–Kier alpha value is -2.04. The molecule has 0 aromatic carbocycles. The zero-order chi connectivity index (χ0) is 24.9. The second kappa shape index (κ2) is 14.4. The molecule has 2 saturated carbocycles. The van der Waals surface area contributed by atoms with E-state index in [-0.39, 0.29) is 36.9 Å². The van der Waals surface area contributed by atoms with Crippen LogP contribution < -0.4 is 21.7 Å². The van der Waals surface area contributed by atoms with Crippen molar-refractivity contribution in [2.45, 2.75) is 108 Å². The van der Waals surface area contributed by atoms with Crippen LogP contribution in [0.25, 0.3) is 11.2 Å². The number of unbranched alkanes of at least 4 members (excludes halogenated alkanes) is 1. The average molecular weight is 571 g/mol. The van der Waals surface area contributed by atoms with Crippen molar-refractivity contribution in [2.24, 2.45) is 5.73 Å². The molecule has 2 aromatic heterocycles. The van der Waals surface area contributed by atoms with Crippen molar-refractivity contribution in [1.29, 1.82) is 0 Å². The number of imidazole rings is 1. The number of nitrogens with two attached hydrogens (primary N) is 1. The number of aromatic nitrogens is 4. The van der Waals surface area contributed by atoms with Crippen LogP contribution in [0, 0.1) is 0 Å². The van der Waals surface area contributed by atoms with Gasteiger partial charge in [-0.2, -0.15) is 9.97 Å². The van der Waals surface area contributed by atoms with Gasteiger partial charge in [-0.25, -0.2) is 9.78 Å². The monoisotopic (exact) mass is 569 g/mol. The molecule has 214 valence electrons. The van der Waals surface area contributed by atoms with E-state index in [1.807, 2.05) is 11.2 Å². The molecule has 10 nitrogen and oxygen atoms in total.